The van der Waals surface area contributed by atoms with E-state index in [1.807, 2.05) is 23.1 Å². The average Bonchev–Trinajstić information content (AvgIpc) is 3.38. The van der Waals surface area contributed by atoms with Crippen LogP contribution in [0.15, 0.2) is 29.3 Å². The maximum atomic E-state index is 13.3. The summed E-state index contributed by atoms with van der Waals surface area (Å²) >= 11 is 1.19. The van der Waals surface area contributed by atoms with Crippen molar-refractivity contribution in [2.24, 2.45) is 5.92 Å². The number of amides is 1. The summed E-state index contributed by atoms with van der Waals surface area (Å²) in [5.74, 6) is 0.969. The average molecular weight is 464 g/mol. The summed E-state index contributed by atoms with van der Waals surface area (Å²) in [4.78, 5) is 44.4. The second-order valence-corrected chi connectivity index (χ2v) is 9.96. The van der Waals surface area contributed by atoms with Gasteiger partial charge >= 0.3 is 4.87 Å². The molecule has 3 aromatic heterocycles. The van der Waals surface area contributed by atoms with Crippen LogP contribution in [0.4, 0.5) is 11.5 Å². The van der Waals surface area contributed by atoms with Crippen molar-refractivity contribution in [1.82, 2.24) is 29.7 Å². The molecule has 1 aliphatic carbocycles. The second-order valence-electron chi connectivity index (χ2n) is 8.95. The predicted octanol–water partition coefficient (Wildman–Crippen LogP) is 2.48. The summed E-state index contributed by atoms with van der Waals surface area (Å²) in [6, 6.07) is 5.77. The van der Waals surface area contributed by atoms with Gasteiger partial charge in [0.15, 0.2) is 0 Å². The molecule has 1 saturated heterocycles. The Labute approximate surface area is 193 Å². The molecule has 1 aromatic carbocycles. The van der Waals surface area contributed by atoms with Gasteiger partial charge < -0.3 is 25.1 Å². The molecule has 9 nitrogen and oxygen atoms in total. The molecule has 1 unspecified atom stereocenters. The van der Waals surface area contributed by atoms with Crippen LogP contribution in [0.25, 0.3) is 21.3 Å². The zero-order valence-electron chi connectivity index (χ0n) is 18.4. The molecular weight excluding hydrogens is 438 g/mol. The number of fused-ring (bicyclic) bond motifs is 4. The first kappa shape index (κ1) is 20.4. The number of nitrogens with zero attached hydrogens (tertiary/aromatic N) is 4. The minimum Gasteiger partial charge on any atom is -0.343 e. The zero-order valence-corrected chi connectivity index (χ0v) is 19.2. The van der Waals surface area contributed by atoms with E-state index in [0.29, 0.717) is 12.2 Å². The number of benzene rings is 1. The summed E-state index contributed by atoms with van der Waals surface area (Å²) in [5, 5.41) is 4.37. The molecule has 4 aromatic rings. The lowest BCUT2D eigenvalue weighted by atomic mass is 9.85. The molecule has 3 N–H and O–H groups in total. The van der Waals surface area contributed by atoms with Gasteiger partial charge in [-0.25, -0.2) is 9.97 Å². The van der Waals surface area contributed by atoms with Crippen LogP contribution in [0.2, 0.25) is 0 Å². The maximum Gasteiger partial charge on any atom is 0.305 e. The van der Waals surface area contributed by atoms with Gasteiger partial charge in [-0.05, 0) is 50.1 Å². The number of hydrogen-bond donors (Lipinski definition) is 3. The van der Waals surface area contributed by atoms with Crippen molar-refractivity contribution in [2.45, 2.75) is 19.3 Å². The summed E-state index contributed by atoms with van der Waals surface area (Å²) in [5.41, 5.74) is 4.76. The van der Waals surface area contributed by atoms with E-state index < -0.39 is 0 Å². The van der Waals surface area contributed by atoms with Gasteiger partial charge in [-0.2, -0.15) is 0 Å². The Bertz CT molecular complexity index is 1410. The molecule has 1 amide bonds. The first-order chi connectivity index (χ1) is 16.0. The van der Waals surface area contributed by atoms with E-state index in [0.717, 1.165) is 77.2 Å². The van der Waals surface area contributed by atoms with Gasteiger partial charge in [0.1, 0.15) is 17.8 Å². The normalized spacial score (nSPS) is 19.2. The number of nitrogens with one attached hydrogen (secondary N) is 3. The lowest BCUT2D eigenvalue weighted by Gasteiger charge is -2.35. The minimum atomic E-state index is -0.0673. The van der Waals surface area contributed by atoms with Crippen molar-refractivity contribution in [3.05, 3.63) is 45.5 Å². The molecule has 33 heavy (non-hydrogen) atoms. The van der Waals surface area contributed by atoms with E-state index in [1.165, 1.54) is 11.3 Å². The Balaban J connectivity index is 1.31. The van der Waals surface area contributed by atoms with E-state index in [9.17, 15) is 9.59 Å². The molecule has 0 bridgehead atoms. The molecule has 6 rings (SSSR count). The summed E-state index contributed by atoms with van der Waals surface area (Å²) in [6.45, 7) is 3.46. The molecule has 4 heterocycles. The number of piperazine rings is 1. The number of H-pyrrole nitrogens is 2. The number of anilines is 2. The Morgan fingerprint density at radius 1 is 1.18 bits per heavy atom. The van der Waals surface area contributed by atoms with Crippen LogP contribution < -0.4 is 10.2 Å². The van der Waals surface area contributed by atoms with Gasteiger partial charge in [0.05, 0.1) is 15.6 Å². The van der Waals surface area contributed by atoms with E-state index in [1.54, 1.807) is 6.33 Å². The third kappa shape index (κ3) is 3.68. The molecule has 10 heteroatoms. The van der Waals surface area contributed by atoms with Crippen molar-refractivity contribution >= 4 is 50.0 Å². The predicted molar refractivity (Wildman–Crippen MR) is 129 cm³/mol. The van der Waals surface area contributed by atoms with Crippen molar-refractivity contribution in [3.63, 3.8) is 0 Å². The van der Waals surface area contributed by atoms with Gasteiger partial charge in [0.2, 0.25) is 5.91 Å². The van der Waals surface area contributed by atoms with E-state index >= 15 is 0 Å². The van der Waals surface area contributed by atoms with Crippen molar-refractivity contribution < 1.29 is 4.79 Å². The SMILES string of the molecule is CN1CCN(C(=O)C2CCc3[nH]c4ncnc(Nc5ccc6[nH]c(=O)sc6c5)c4c3C2)CC1. The highest BCUT2D eigenvalue weighted by Gasteiger charge is 2.32. The van der Waals surface area contributed by atoms with Crippen molar-refractivity contribution in [1.29, 1.82) is 0 Å². The monoisotopic (exact) mass is 463 g/mol. The largest absolute Gasteiger partial charge is 0.343 e. The van der Waals surface area contributed by atoms with Crippen LogP contribution >= 0.6 is 11.3 Å². The highest BCUT2D eigenvalue weighted by atomic mass is 32.1. The van der Waals surface area contributed by atoms with Gasteiger partial charge in [0, 0.05) is 43.5 Å². The number of aryl methyl sites for hydroxylation is 1. The highest BCUT2D eigenvalue weighted by molar-refractivity contribution is 7.16. The van der Waals surface area contributed by atoms with E-state index in [4.69, 9.17) is 0 Å². The fourth-order valence-corrected chi connectivity index (χ4v) is 5.77. The lowest BCUT2D eigenvalue weighted by molar-refractivity contribution is -0.137. The van der Waals surface area contributed by atoms with Crippen molar-refractivity contribution in [3.8, 4) is 0 Å². The summed E-state index contributed by atoms with van der Waals surface area (Å²) in [6.07, 6.45) is 3.93. The van der Waals surface area contributed by atoms with Gasteiger partial charge in [-0.1, -0.05) is 11.3 Å². The quantitative estimate of drug-likeness (QED) is 0.431. The van der Waals surface area contributed by atoms with E-state index in [2.05, 4.69) is 37.2 Å². The Hall–Kier alpha value is -3.24. The smallest absolute Gasteiger partial charge is 0.305 e. The van der Waals surface area contributed by atoms with Crippen LogP contribution in [0, 0.1) is 5.92 Å². The number of aromatic nitrogens is 4. The summed E-state index contributed by atoms with van der Waals surface area (Å²) in [7, 11) is 2.10. The van der Waals surface area contributed by atoms with Crippen molar-refractivity contribution in [2.75, 3.05) is 38.5 Å². The van der Waals surface area contributed by atoms with Crippen LogP contribution in [0.5, 0.6) is 0 Å². The molecular formula is C23H25N7O2S. The van der Waals surface area contributed by atoms with Crippen LogP contribution in [-0.4, -0.2) is 68.9 Å². The number of carbonyl (C=O) groups excluding carboxylic acids is 1. The Morgan fingerprint density at radius 3 is 2.88 bits per heavy atom. The fraction of sp³-hybridized carbons (Fsp3) is 0.391. The molecule has 1 fully saturated rings. The van der Waals surface area contributed by atoms with Crippen LogP contribution in [0.3, 0.4) is 0 Å². The number of carbonyl (C=O) groups is 1. The molecule has 1 atom stereocenters. The topological polar surface area (TPSA) is 110 Å². The number of hydrogen-bond acceptors (Lipinski definition) is 7. The summed E-state index contributed by atoms with van der Waals surface area (Å²) < 4.78 is 0.893. The Morgan fingerprint density at radius 2 is 2.03 bits per heavy atom. The van der Waals surface area contributed by atoms with Crippen LogP contribution in [0.1, 0.15) is 17.7 Å². The first-order valence-corrected chi connectivity index (χ1v) is 12.1. The third-order valence-corrected chi connectivity index (χ3v) is 7.67. The minimum absolute atomic E-state index is 0.0126. The van der Waals surface area contributed by atoms with Crippen LogP contribution in [-0.2, 0) is 17.6 Å². The lowest BCUT2D eigenvalue weighted by Crippen LogP contribution is -2.49. The second kappa shape index (κ2) is 7.96. The number of aromatic amines is 2. The van der Waals surface area contributed by atoms with Gasteiger partial charge in [-0.3, -0.25) is 9.59 Å². The first-order valence-electron chi connectivity index (χ1n) is 11.3. The zero-order chi connectivity index (χ0) is 22.5. The number of thiazole rings is 1. The molecule has 0 saturated carbocycles. The molecule has 0 spiro atoms. The maximum absolute atomic E-state index is 13.3. The number of likely N-dealkylation sites (N-methyl/N-ethyl adjacent to an activating group) is 1. The van der Waals surface area contributed by atoms with Gasteiger partial charge in [0.25, 0.3) is 0 Å². The highest BCUT2D eigenvalue weighted by Crippen LogP contribution is 2.36. The fourth-order valence-electron chi connectivity index (χ4n) is 4.99. The van der Waals surface area contributed by atoms with E-state index in [-0.39, 0.29) is 16.7 Å². The molecule has 2 aliphatic rings. The molecule has 170 valence electrons. The standard InChI is InChI=1S/C23H25N7O2S/c1-29-6-8-30(9-7-29)22(31)13-2-4-16-15(10-13)19-20(24-12-25-21(19)27-16)26-14-3-5-17-18(11-14)33-23(32)28-17/h3,5,11-13H,2,4,6-10H2,1H3,(H,28,32)(H2,24,25,26,27). The third-order valence-electron chi connectivity index (χ3n) is 6.82. The molecule has 0 radical (unpaired) electrons. The number of rotatable bonds is 3. The molecule has 1 aliphatic heterocycles. The van der Waals surface area contributed by atoms with Gasteiger partial charge in [-0.15, -0.1) is 0 Å². The Kier molecular flexibility index (Phi) is 4.92.